The molecular weight excluding hydrogens is 415 g/mol. The maximum Gasteiger partial charge on any atom is 0.142 e. The van der Waals surface area contributed by atoms with Crippen molar-refractivity contribution in [1.29, 1.82) is 0 Å². The van der Waals surface area contributed by atoms with Crippen molar-refractivity contribution >= 4 is 39.9 Å². The second-order valence-corrected chi connectivity index (χ2v) is 8.41. The highest BCUT2D eigenvalue weighted by Crippen LogP contribution is 2.43. The van der Waals surface area contributed by atoms with Gasteiger partial charge in [-0.1, -0.05) is 47.5 Å². The number of fused-ring (bicyclic) bond motifs is 1. The highest BCUT2D eigenvalue weighted by atomic mass is 35.5. The summed E-state index contributed by atoms with van der Waals surface area (Å²) in [5.41, 5.74) is 6.41. The summed E-state index contributed by atoms with van der Waals surface area (Å²) in [4.78, 5) is 7.03. The predicted molar refractivity (Wildman–Crippen MR) is 127 cm³/mol. The van der Waals surface area contributed by atoms with Crippen LogP contribution in [0.2, 0.25) is 10.0 Å². The van der Waals surface area contributed by atoms with Gasteiger partial charge in [0.1, 0.15) is 5.65 Å². The third-order valence-electron chi connectivity index (χ3n) is 5.76. The van der Waals surface area contributed by atoms with Crippen LogP contribution in [0, 0.1) is 0 Å². The number of piperazine rings is 1. The predicted octanol–water partition coefficient (Wildman–Crippen LogP) is 5.62. The van der Waals surface area contributed by atoms with Crippen molar-refractivity contribution in [3.05, 3.63) is 70.8 Å². The first-order chi connectivity index (χ1) is 14.6. The molecule has 4 nitrogen and oxygen atoms in total. The number of hydrogen-bond acceptors (Lipinski definition) is 3. The van der Waals surface area contributed by atoms with Gasteiger partial charge in [0.2, 0.25) is 0 Å². The van der Waals surface area contributed by atoms with Crippen LogP contribution >= 0.6 is 23.2 Å². The van der Waals surface area contributed by atoms with Gasteiger partial charge in [0, 0.05) is 61.1 Å². The number of benzene rings is 2. The Morgan fingerprint density at radius 2 is 1.70 bits per heavy atom. The molecule has 3 heterocycles. The van der Waals surface area contributed by atoms with Crippen LogP contribution in [0.5, 0.6) is 0 Å². The molecule has 1 fully saturated rings. The summed E-state index contributed by atoms with van der Waals surface area (Å²) in [6.07, 6.45) is 1.75. The lowest BCUT2D eigenvalue weighted by Crippen LogP contribution is -2.43. The molecule has 0 spiro atoms. The number of aromatic nitrogens is 2. The molecule has 6 heteroatoms. The van der Waals surface area contributed by atoms with Gasteiger partial charge in [-0.25, -0.2) is 4.98 Å². The summed E-state index contributed by atoms with van der Waals surface area (Å²) in [5.74, 6) is 0. The van der Waals surface area contributed by atoms with E-state index < -0.39 is 0 Å². The SMILES string of the molecule is Cn1c(-c2ccc(N3CCNCC3)cc2)c(-c2cccc(Cl)c2)c2c(Cl)ccnc21. The Hall–Kier alpha value is -2.53. The van der Waals surface area contributed by atoms with Crippen LogP contribution in [-0.2, 0) is 7.05 Å². The third-order valence-corrected chi connectivity index (χ3v) is 6.31. The molecule has 2 aromatic carbocycles. The highest BCUT2D eigenvalue weighted by Gasteiger charge is 2.21. The van der Waals surface area contributed by atoms with Gasteiger partial charge in [-0.3, -0.25) is 0 Å². The minimum Gasteiger partial charge on any atom is -0.369 e. The lowest BCUT2D eigenvalue weighted by Gasteiger charge is -2.29. The molecule has 4 aromatic rings. The van der Waals surface area contributed by atoms with Gasteiger partial charge in [-0.05, 0) is 41.5 Å². The smallest absolute Gasteiger partial charge is 0.142 e. The fourth-order valence-electron chi connectivity index (χ4n) is 4.32. The molecule has 2 aromatic heterocycles. The fraction of sp³-hybridized carbons (Fsp3) is 0.208. The second-order valence-electron chi connectivity index (χ2n) is 7.57. The van der Waals surface area contributed by atoms with E-state index in [0.717, 1.165) is 59.6 Å². The van der Waals surface area contributed by atoms with E-state index in [1.165, 1.54) is 5.69 Å². The van der Waals surface area contributed by atoms with Crippen LogP contribution in [0.4, 0.5) is 5.69 Å². The Labute approximate surface area is 186 Å². The number of rotatable bonds is 3. The summed E-state index contributed by atoms with van der Waals surface area (Å²) < 4.78 is 2.12. The monoisotopic (exact) mass is 436 g/mol. The topological polar surface area (TPSA) is 33.1 Å². The van der Waals surface area contributed by atoms with Gasteiger partial charge in [-0.15, -0.1) is 0 Å². The minimum atomic E-state index is 0.689. The average Bonchev–Trinajstić information content (AvgIpc) is 3.08. The molecule has 0 amide bonds. The fourth-order valence-corrected chi connectivity index (χ4v) is 4.75. The number of anilines is 1. The van der Waals surface area contributed by atoms with Crippen LogP contribution in [0.3, 0.4) is 0 Å². The Kier molecular flexibility index (Phi) is 5.15. The molecular formula is C24H22Cl2N4. The zero-order chi connectivity index (χ0) is 20.7. The number of hydrogen-bond donors (Lipinski definition) is 1. The van der Waals surface area contributed by atoms with E-state index >= 15 is 0 Å². The average molecular weight is 437 g/mol. The van der Waals surface area contributed by atoms with Gasteiger partial charge in [0.25, 0.3) is 0 Å². The van der Waals surface area contributed by atoms with Crippen LogP contribution in [0.25, 0.3) is 33.4 Å². The molecule has 0 bridgehead atoms. The quantitative estimate of drug-likeness (QED) is 0.452. The van der Waals surface area contributed by atoms with E-state index in [-0.39, 0.29) is 0 Å². The van der Waals surface area contributed by atoms with Crippen molar-refractivity contribution in [3.63, 3.8) is 0 Å². The van der Waals surface area contributed by atoms with Crippen molar-refractivity contribution in [3.8, 4) is 22.4 Å². The van der Waals surface area contributed by atoms with Crippen molar-refractivity contribution < 1.29 is 0 Å². The minimum absolute atomic E-state index is 0.689. The molecule has 0 unspecified atom stereocenters. The van der Waals surface area contributed by atoms with E-state index in [2.05, 4.69) is 50.1 Å². The molecule has 5 rings (SSSR count). The van der Waals surface area contributed by atoms with E-state index in [1.54, 1.807) is 6.20 Å². The number of halogens is 2. The van der Waals surface area contributed by atoms with Gasteiger partial charge in [0.05, 0.1) is 10.7 Å². The normalized spacial score (nSPS) is 14.4. The lowest BCUT2D eigenvalue weighted by molar-refractivity contribution is 0.589. The first kappa shape index (κ1) is 19.4. The molecule has 1 aliphatic heterocycles. The lowest BCUT2D eigenvalue weighted by atomic mass is 9.98. The summed E-state index contributed by atoms with van der Waals surface area (Å²) in [6, 6.07) is 18.5. The van der Waals surface area contributed by atoms with Crippen molar-refractivity contribution in [2.75, 3.05) is 31.1 Å². The van der Waals surface area contributed by atoms with Gasteiger partial charge in [-0.2, -0.15) is 0 Å². The Bertz CT molecular complexity index is 1210. The Morgan fingerprint density at radius 3 is 2.43 bits per heavy atom. The standard InChI is InChI=1S/C24H22Cl2N4/c1-29-23(16-5-7-19(8-6-16)30-13-11-27-12-14-30)21(17-3-2-4-18(25)15-17)22-20(26)9-10-28-24(22)29/h2-10,15,27H,11-14H2,1H3. The van der Waals surface area contributed by atoms with E-state index in [0.29, 0.717) is 10.0 Å². The van der Waals surface area contributed by atoms with Gasteiger partial charge >= 0.3 is 0 Å². The van der Waals surface area contributed by atoms with Crippen LogP contribution < -0.4 is 10.2 Å². The maximum absolute atomic E-state index is 6.65. The van der Waals surface area contributed by atoms with E-state index in [1.807, 2.05) is 31.3 Å². The zero-order valence-electron chi connectivity index (χ0n) is 16.7. The zero-order valence-corrected chi connectivity index (χ0v) is 18.2. The number of nitrogens with zero attached hydrogens (tertiary/aromatic N) is 3. The summed E-state index contributed by atoms with van der Waals surface area (Å²) in [6.45, 7) is 4.10. The van der Waals surface area contributed by atoms with E-state index in [9.17, 15) is 0 Å². The molecule has 152 valence electrons. The van der Waals surface area contributed by atoms with Gasteiger partial charge in [0.15, 0.2) is 0 Å². The molecule has 1 saturated heterocycles. The Morgan fingerprint density at radius 1 is 0.933 bits per heavy atom. The Balaban J connectivity index is 1.70. The largest absolute Gasteiger partial charge is 0.369 e. The maximum atomic E-state index is 6.65. The number of nitrogens with one attached hydrogen (secondary N) is 1. The third kappa shape index (κ3) is 3.35. The van der Waals surface area contributed by atoms with E-state index in [4.69, 9.17) is 23.2 Å². The van der Waals surface area contributed by atoms with Crippen LogP contribution in [-0.4, -0.2) is 35.7 Å². The number of aryl methyl sites for hydroxylation is 1. The second kappa shape index (κ2) is 7.95. The van der Waals surface area contributed by atoms with Crippen molar-refractivity contribution in [2.24, 2.45) is 7.05 Å². The molecule has 1 N–H and O–H groups in total. The van der Waals surface area contributed by atoms with Gasteiger partial charge < -0.3 is 14.8 Å². The molecule has 0 saturated carbocycles. The van der Waals surface area contributed by atoms with Crippen LogP contribution in [0.1, 0.15) is 0 Å². The molecule has 30 heavy (non-hydrogen) atoms. The molecule has 0 radical (unpaired) electrons. The van der Waals surface area contributed by atoms with Crippen molar-refractivity contribution in [1.82, 2.24) is 14.9 Å². The van der Waals surface area contributed by atoms with Crippen molar-refractivity contribution in [2.45, 2.75) is 0 Å². The molecule has 0 atom stereocenters. The summed E-state index contributed by atoms with van der Waals surface area (Å²) >= 11 is 13.0. The first-order valence-corrected chi connectivity index (χ1v) is 10.8. The molecule has 1 aliphatic rings. The summed E-state index contributed by atoms with van der Waals surface area (Å²) in [5, 5.41) is 5.74. The summed E-state index contributed by atoms with van der Waals surface area (Å²) in [7, 11) is 2.04. The molecule has 0 aliphatic carbocycles. The van der Waals surface area contributed by atoms with Crippen LogP contribution in [0.15, 0.2) is 60.8 Å². The number of pyridine rings is 1. The highest BCUT2D eigenvalue weighted by molar-refractivity contribution is 6.37. The first-order valence-electron chi connectivity index (χ1n) is 10.1.